The summed E-state index contributed by atoms with van der Waals surface area (Å²) in [4.78, 5) is 2.72. The van der Waals surface area contributed by atoms with Crippen molar-refractivity contribution in [3.05, 3.63) is 0 Å². The summed E-state index contributed by atoms with van der Waals surface area (Å²) >= 11 is 0. The van der Waals surface area contributed by atoms with Gasteiger partial charge in [-0.3, -0.25) is 0 Å². The molecule has 2 heteroatoms. The molecule has 1 aliphatic heterocycles. The highest BCUT2D eigenvalue weighted by molar-refractivity contribution is 4.95. The maximum atomic E-state index is 3.56. The van der Waals surface area contributed by atoms with Gasteiger partial charge in [0.1, 0.15) is 0 Å². The molecule has 1 saturated heterocycles. The Labute approximate surface area is 94.4 Å². The molecule has 0 bridgehead atoms. The van der Waals surface area contributed by atoms with Crippen molar-refractivity contribution in [1.82, 2.24) is 10.2 Å². The van der Waals surface area contributed by atoms with E-state index in [1.165, 1.54) is 45.4 Å². The summed E-state index contributed by atoms with van der Waals surface area (Å²) in [7, 11) is 0. The summed E-state index contributed by atoms with van der Waals surface area (Å²) < 4.78 is 0. The Morgan fingerprint density at radius 2 is 2.13 bits per heavy atom. The third-order valence-electron chi connectivity index (χ3n) is 4.49. The molecule has 0 aromatic rings. The first kappa shape index (κ1) is 11.4. The SMILES string of the molecule is CCN(CC1(C(C)C)CCNC1)C1CC1. The van der Waals surface area contributed by atoms with Crippen LogP contribution >= 0.6 is 0 Å². The van der Waals surface area contributed by atoms with Crippen LogP contribution in [-0.4, -0.2) is 37.1 Å². The monoisotopic (exact) mass is 210 g/mol. The van der Waals surface area contributed by atoms with Gasteiger partial charge in [0.05, 0.1) is 0 Å². The molecule has 1 heterocycles. The van der Waals surface area contributed by atoms with Gasteiger partial charge < -0.3 is 10.2 Å². The fraction of sp³-hybridized carbons (Fsp3) is 1.00. The molecule has 0 amide bonds. The van der Waals surface area contributed by atoms with Crippen LogP contribution in [0.15, 0.2) is 0 Å². The zero-order valence-electron chi connectivity index (χ0n) is 10.6. The van der Waals surface area contributed by atoms with Crippen LogP contribution in [0.5, 0.6) is 0 Å². The van der Waals surface area contributed by atoms with Crippen LogP contribution in [0.2, 0.25) is 0 Å². The molecule has 1 N–H and O–H groups in total. The molecule has 1 atom stereocenters. The highest BCUT2D eigenvalue weighted by atomic mass is 15.2. The molecule has 1 aliphatic carbocycles. The first-order chi connectivity index (χ1) is 7.18. The molecule has 0 aromatic heterocycles. The minimum absolute atomic E-state index is 0.554. The van der Waals surface area contributed by atoms with Gasteiger partial charge in [0.2, 0.25) is 0 Å². The average molecular weight is 210 g/mol. The highest BCUT2D eigenvalue weighted by Gasteiger charge is 2.40. The van der Waals surface area contributed by atoms with Crippen molar-refractivity contribution in [1.29, 1.82) is 0 Å². The number of hydrogen-bond acceptors (Lipinski definition) is 2. The van der Waals surface area contributed by atoms with Crippen LogP contribution in [0, 0.1) is 11.3 Å². The molecule has 1 saturated carbocycles. The van der Waals surface area contributed by atoms with Crippen LogP contribution in [0.1, 0.15) is 40.0 Å². The van der Waals surface area contributed by atoms with E-state index in [1.807, 2.05) is 0 Å². The summed E-state index contributed by atoms with van der Waals surface area (Å²) in [5.74, 6) is 0.806. The molecule has 2 fully saturated rings. The van der Waals surface area contributed by atoms with E-state index in [-0.39, 0.29) is 0 Å². The van der Waals surface area contributed by atoms with Gasteiger partial charge in [-0.2, -0.15) is 0 Å². The Hall–Kier alpha value is -0.0800. The lowest BCUT2D eigenvalue weighted by molar-refractivity contribution is 0.116. The molecule has 15 heavy (non-hydrogen) atoms. The van der Waals surface area contributed by atoms with Gasteiger partial charge in [0.15, 0.2) is 0 Å². The van der Waals surface area contributed by atoms with Crippen molar-refractivity contribution >= 4 is 0 Å². The van der Waals surface area contributed by atoms with E-state index in [2.05, 4.69) is 31.0 Å². The topological polar surface area (TPSA) is 15.3 Å². The Kier molecular flexibility index (Phi) is 3.36. The summed E-state index contributed by atoms with van der Waals surface area (Å²) in [6.07, 6.45) is 4.25. The fourth-order valence-electron chi connectivity index (χ4n) is 2.92. The highest BCUT2D eigenvalue weighted by Crippen LogP contribution is 2.38. The van der Waals surface area contributed by atoms with Gasteiger partial charge in [0.25, 0.3) is 0 Å². The van der Waals surface area contributed by atoms with Crippen molar-refractivity contribution in [3.8, 4) is 0 Å². The first-order valence-electron chi connectivity index (χ1n) is 6.63. The molecule has 0 aromatic carbocycles. The third-order valence-corrected chi connectivity index (χ3v) is 4.49. The normalized spacial score (nSPS) is 31.8. The van der Waals surface area contributed by atoms with E-state index in [9.17, 15) is 0 Å². The number of rotatable bonds is 5. The van der Waals surface area contributed by atoms with Gasteiger partial charge in [0, 0.05) is 19.1 Å². The molecule has 2 aliphatic rings. The summed E-state index contributed by atoms with van der Waals surface area (Å²) in [6, 6.07) is 0.922. The van der Waals surface area contributed by atoms with E-state index >= 15 is 0 Å². The Morgan fingerprint density at radius 1 is 1.40 bits per heavy atom. The van der Waals surface area contributed by atoms with Crippen molar-refractivity contribution < 1.29 is 0 Å². The lowest BCUT2D eigenvalue weighted by Gasteiger charge is -2.38. The van der Waals surface area contributed by atoms with Crippen molar-refractivity contribution in [3.63, 3.8) is 0 Å². The summed E-state index contributed by atoms with van der Waals surface area (Å²) in [5.41, 5.74) is 0.554. The molecule has 2 nitrogen and oxygen atoms in total. The van der Waals surface area contributed by atoms with Gasteiger partial charge in [-0.05, 0) is 43.7 Å². The minimum atomic E-state index is 0.554. The summed E-state index contributed by atoms with van der Waals surface area (Å²) in [6.45, 7) is 12.1. The van der Waals surface area contributed by atoms with Crippen molar-refractivity contribution in [2.45, 2.75) is 46.1 Å². The van der Waals surface area contributed by atoms with E-state index in [0.29, 0.717) is 5.41 Å². The fourth-order valence-corrected chi connectivity index (χ4v) is 2.92. The Morgan fingerprint density at radius 3 is 2.53 bits per heavy atom. The largest absolute Gasteiger partial charge is 0.316 e. The molecule has 2 rings (SSSR count). The number of nitrogens with zero attached hydrogens (tertiary/aromatic N) is 1. The second kappa shape index (κ2) is 4.42. The maximum absolute atomic E-state index is 3.56. The van der Waals surface area contributed by atoms with E-state index in [0.717, 1.165) is 12.0 Å². The molecule has 1 unspecified atom stereocenters. The van der Waals surface area contributed by atoms with Crippen LogP contribution in [-0.2, 0) is 0 Å². The molecule has 0 spiro atoms. The zero-order valence-corrected chi connectivity index (χ0v) is 10.6. The third kappa shape index (κ3) is 2.36. The second-order valence-electron chi connectivity index (χ2n) is 5.74. The standard InChI is InChI=1S/C13H26N2/c1-4-15(12-5-6-12)10-13(11(2)3)7-8-14-9-13/h11-12,14H,4-10H2,1-3H3. The van der Waals surface area contributed by atoms with Gasteiger partial charge in [-0.1, -0.05) is 20.8 Å². The quantitative estimate of drug-likeness (QED) is 0.747. The molecule has 0 radical (unpaired) electrons. The number of nitrogens with one attached hydrogen (secondary N) is 1. The Bertz CT molecular complexity index is 203. The summed E-state index contributed by atoms with van der Waals surface area (Å²) in [5, 5.41) is 3.56. The second-order valence-corrected chi connectivity index (χ2v) is 5.74. The van der Waals surface area contributed by atoms with E-state index in [4.69, 9.17) is 0 Å². The lowest BCUT2D eigenvalue weighted by atomic mass is 9.76. The number of hydrogen-bond donors (Lipinski definition) is 1. The minimum Gasteiger partial charge on any atom is -0.316 e. The predicted molar refractivity (Wildman–Crippen MR) is 65.0 cm³/mol. The Balaban J connectivity index is 1.98. The maximum Gasteiger partial charge on any atom is 0.00965 e. The first-order valence-corrected chi connectivity index (χ1v) is 6.63. The van der Waals surface area contributed by atoms with Crippen LogP contribution in [0.4, 0.5) is 0 Å². The predicted octanol–water partition coefficient (Wildman–Crippen LogP) is 2.11. The zero-order chi connectivity index (χ0) is 10.9. The van der Waals surface area contributed by atoms with Gasteiger partial charge in [-0.25, -0.2) is 0 Å². The van der Waals surface area contributed by atoms with E-state index < -0.39 is 0 Å². The van der Waals surface area contributed by atoms with Crippen LogP contribution in [0.3, 0.4) is 0 Å². The smallest absolute Gasteiger partial charge is 0.00965 e. The van der Waals surface area contributed by atoms with Gasteiger partial charge in [-0.15, -0.1) is 0 Å². The van der Waals surface area contributed by atoms with Crippen molar-refractivity contribution in [2.75, 3.05) is 26.2 Å². The van der Waals surface area contributed by atoms with E-state index in [1.54, 1.807) is 0 Å². The molecular formula is C13H26N2. The lowest BCUT2D eigenvalue weighted by Crippen LogP contribution is -2.43. The van der Waals surface area contributed by atoms with Gasteiger partial charge >= 0.3 is 0 Å². The molecular weight excluding hydrogens is 184 g/mol. The average Bonchev–Trinajstić information content (AvgIpc) is 2.94. The van der Waals surface area contributed by atoms with Crippen LogP contribution < -0.4 is 5.32 Å². The van der Waals surface area contributed by atoms with Crippen LogP contribution in [0.25, 0.3) is 0 Å². The van der Waals surface area contributed by atoms with Crippen molar-refractivity contribution in [2.24, 2.45) is 11.3 Å². The molecule has 88 valence electrons.